The van der Waals surface area contributed by atoms with Crippen LogP contribution in [-0.4, -0.2) is 28.6 Å². The van der Waals surface area contributed by atoms with Crippen molar-refractivity contribution in [2.24, 2.45) is 4.99 Å². The molecule has 154 valence electrons. The molecule has 0 rings (SSSR count). The highest BCUT2D eigenvalue weighted by molar-refractivity contribution is 7.51. The van der Waals surface area contributed by atoms with E-state index in [9.17, 15) is 9.36 Å². The number of unbranched alkanes of at least 4 members (excludes halogenated alkanes) is 16. The molecule has 0 unspecified atom stereocenters. The average Bonchev–Trinajstić information content (AvgIpc) is 2.59. The maximum Gasteiger partial charge on any atom is 0.325 e. The SMILES string of the molecule is O=C=NCCCCCCCCCCCCCCCCCCCP(=O)(O)O. The van der Waals surface area contributed by atoms with Crippen molar-refractivity contribution in [3.63, 3.8) is 0 Å². The molecule has 0 bridgehead atoms. The molecule has 0 aromatic carbocycles. The fourth-order valence-electron chi connectivity index (χ4n) is 3.21. The largest absolute Gasteiger partial charge is 0.325 e. The molecule has 0 saturated carbocycles. The topological polar surface area (TPSA) is 87.0 Å². The maximum atomic E-state index is 10.7. The Kier molecular flexibility index (Phi) is 18.9. The highest BCUT2D eigenvalue weighted by atomic mass is 31.2. The van der Waals surface area contributed by atoms with Crippen LogP contribution in [0.2, 0.25) is 0 Å². The molecule has 0 heterocycles. The summed E-state index contributed by atoms with van der Waals surface area (Å²) in [6.45, 7) is 0.639. The van der Waals surface area contributed by atoms with Crippen molar-refractivity contribution in [2.75, 3.05) is 12.7 Å². The van der Waals surface area contributed by atoms with Gasteiger partial charge in [0.25, 0.3) is 0 Å². The summed E-state index contributed by atoms with van der Waals surface area (Å²) in [7, 11) is -3.77. The highest BCUT2D eigenvalue weighted by Crippen LogP contribution is 2.35. The Hall–Kier alpha value is -0.470. The van der Waals surface area contributed by atoms with Gasteiger partial charge in [-0.15, -0.1) is 0 Å². The van der Waals surface area contributed by atoms with Crippen LogP contribution in [0, 0.1) is 0 Å². The van der Waals surface area contributed by atoms with E-state index in [0.717, 1.165) is 19.3 Å². The van der Waals surface area contributed by atoms with Gasteiger partial charge >= 0.3 is 7.60 Å². The van der Waals surface area contributed by atoms with Gasteiger partial charge in [0.1, 0.15) is 0 Å². The summed E-state index contributed by atoms with van der Waals surface area (Å²) in [6, 6.07) is 0. The molecule has 6 heteroatoms. The fourth-order valence-corrected chi connectivity index (χ4v) is 3.84. The Morgan fingerprint density at radius 2 is 0.885 bits per heavy atom. The lowest BCUT2D eigenvalue weighted by molar-refractivity contribution is 0.370. The van der Waals surface area contributed by atoms with Crippen molar-refractivity contribution in [3.8, 4) is 0 Å². The Balaban J connectivity index is 3.05. The van der Waals surface area contributed by atoms with Gasteiger partial charge in [-0.2, -0.15) is 0 Å². The van der Waals surface area contributed by atoms with Crippen molar-refractivity contribution in [3.05, 3.63) is 0 Å². The normalized spacial score (nSPS) is 11.5. The maximum absolute atomic E-state index is 10.7. The minimum absolute atomic E-state index is 0.0451. The third-order valence-electron chi connectivity index (χ3n) is 4.78. The number of isocyanates is 1. The molecular weight excluding hydrogens is 349 g/mol. The number of carbonyl (C=O) groups excluding carboxylic acids is 1. The second kappa shape index (κ2) is 19.3. The van der Waals surface area contributed by atoms with Crippen LogP contribution in [0.5, 0.6) is 0 Å². The summed E-state index contributed by atoms with van der Waals surface area (Å²) in [5, 5.41) is 0. The van der Waals surface area contributed by atoms with Crippen molar-refractivity contribution in [2.45, 2.75) is 109 Å². The van der Waals surface area contributed by atoms with Crippen molar-refractivity contribution in [1.29, 1.82) is 0 Å². The molecule has 26 heavy (non-hydrogen) atoms. The number of hydrogen-bond acceptors (Lipinski definition) is 3. The van der Waals surface area contributed by atoms with Crippen molar-refractivity contribution in [1.82, 2.24) is 0 Å². The average molecular weight is 390 g/mol. The Labute approximate surface area is 160 Å². The minimum Gasteiger partial charge on any atom is -0.324 e. The molecule has 0 spiro atoms. The molecule has 2 N–H and O–H groups in total. The molecule has 0 saturated heterocycles. The summed E-state index contributed by atoms with van der Waals surface area (Å²) in [5.74, 6) is 0. The van der Waals surface area contributed by atoms with Gasteiger partial charge < -0.3 is 9.79 Å². The molecule has 0 fully saturated rings. The zero-order valence-electron chi connectivity index (χ0n) is 16.5. The van der Waals surface area contributed by atoms with Crippen LogP contribution in [0.4, 0.5) is 0 Å². The van der Waals surface area contributed by atoms with Gasteiger partial charge in [-0.05, 0) is 12.8 Å². The third kappa shape index (κ3) is 23.5. The Bertz CT molecular complexity index is 391. The second-order valence-corrected chi connectivity index (χ2v) is 9.15. The summed E-state index contributed by atoms with van der Waals surface area (Å²) in [6.07, 6.45) is 22.2. The van der Waals surface area contributed by atoms with Crippen LogP contribution in [-0.2, 0) is 9.36 Å². The van der Waals surface area contributed by atoms with Gasteiger partial charge in [0, 0.05) is 6.16 Å². The lowest BCUT2D eigenvalue weighted by atomic mass is 10.0. The molecule has 0 aliphatic heterocycles. The molecule has 0 amide bonds. The third-order valence-corrected chi connectivity index (χ3v) is 5.68. The summed E-state index contributed by atoms with van der Waals surface area (Å²) >= 11 is 0. The van der Waals surface area contributed by atoms with Gasteiger partial charge in [-0.3, -0.25) is 4.57 Å². The number of nitrogens with zero attached hydrogens (tertiary/aromatic N) is 1. The first-order valence-corrected chi connectivity index (χ1v) is 12.4. The molecule has 0 aliphatic rings. The zero-order chi connectivity index (χ0) is 19.3. The monoisotopic (exact) mass is 389 g/mol. The lowest BCUT2D eigenvalue weighted by Crippen LogP contribution is -1.88. The van der Waals surface area contributed by atoms with Gasteiger partial charge in [-0.1, -0.05) is 96.3 Å². The van der Waals surface area contributed by atoms with Gasteiger partial charge in [0.2, 0.25) is 6.08 Å². The summed E-state index contributed by atoms with van der Waals surface area (Å²) in [5.41, 5.74) is 0. The molecular formula is C20H40NO4P. The quantitative estimate of drug-likeness (QED) is 0.113. The molecule has 0 aliphatic carbocycles. The smallest absolute Gasteiger partial charge is 0.324 e. The first-order valence-electron chi connectivity index (χ1n) is 10.6. The molecule has 0 aromatic heterocycles. The zero-order valence-corrected chi connectivity index (χ0v) is 17.4. The van der Waals surface area contributed by atoms with Crippen LogP contribution >= 0.6 is 7.60 Å². The van der Waals surface area contributed by atoms with Crippen LogP contribution in [0.1, 0.15) is 109 Å². The van der Waals surface area contributed by atoms with Crippen molar-refractivity contribution < 1.29 is 19.1 Å². The molecule has 0 atom stereocenters. The predicted octanol–water partition coefficient (Wildman–Crippen LogP) is 6.13. The fraction of sp³-hybridized carbons (Fsp3) is 0.950. The molecule has 0 aromatic rings. The van der Waals surface area contributed by atoms with E-state index in [-0.39, 0.29) is 6.16 Å². The van der Waals surface area contributed by atoms with Crippen LogP contribution in [0.15, 0.2) is 4.99 Å². The van der Waals surface area contributed by atoms with Gasteiger partial charge in [0.05, 0.1) is 6.54 Å². The summed E-state index contributed by atoms with van der Waals surface area (Å²) in [4.78, 5) is 31.0. The Morgan fingerprint density at radius 1 is 0.577 bits per heavy atom. The van der Waals surface area contributed by atoms with Crippen molar-refractivity contribution >= 4 is 13.7 Å². The first kappa shape index (κ1) is 25.5. The Morgan fingerprint density at radius 3 is 1.19 bits per heavy atom. The van der Waals surface area contributed by atoms with E-state index in [2.05, 4.69) is 4.99 Å². The number of hydrogen-bond donors (Lipinski definition) is 2. The van der Waals surface area contributed by atoms with E-state index in [1.807, 2.05) is 0 Å². The number of rotatable bonds is 20. The predicted molar refractivity (Wildman–Crippen MR) is 108 cm³/mol. The number of aliphatic imine (C=N–C) groups is 1. The first-order chi connectivity index (χ1) is 12.6. The van der Waals surface area contributed by atoms with Crippen LogP contribution in [0.25, 0.3) is 0 Å². The lowest BCUT2D eigenvalue weighted by Gasteiger charge is -2.04. The van der Waals surface area contributed by atoms with E-state index < -0.39 is 7.60 Å². The van der Waals surface area contributed by atoms with E-state index in [0.29, 0.717) is 13.0 Å². The van der Waals surface area contributed by atoms with E-state index in [1.165, 1.54) is 83.5 Å². The van der Waals surface area contributed by atoms with E-state index >= 15 is 0 Å². The standard InChI is InChI=1S/C20H40NO4P/c22-20-21-18-16-14-12-10-8-6-4-2-1-3-5-7-9-11-13-15-17-19-26(23,24)25/h1-19H2,(H2,23,24,25). The minimum atomic E-state index is -3.77. The van der Waals surface area contributed by atoms with Crippen LogP contribution in [0.3, 0.4) is 0 Å². The summed E-state index contributed by atoms with van der Waals surface area (Å²) < 4.78 is 10.7. The second-order valence-electron chi connectivity index (χ2n) is 7.37. The van der Waals surface area contributed by atoms with Gasteiger partial charge in [-0.25, -0.2) is 9.79 Å². The van der Waals surface area contributed by atoms with Gasteiger partial charge in [0.15, 0.2) is 0 Å². The van der Waals surface area contributed by atoms with E-state index in [4.69, 9.17) is 9.79 Å². The van der Waals surface area contributed by atoms with Crippen LogP contribution < -0.4 is 0 Å². The molecule has 5 nitrogen and oxygen atoms in total. The van der Waals surface area contributed by atoms with E-state index in [1.54, 1.807) is 6.08 Å². The molecule has 0 radical (unpaired) electrons. The highest BCUT2D eigenvalue weighted by Gasteiger charge is 2.10.